The van der Waals surface area contributed by atoms with Gasteiger partial charge >= 0.3 is 6.18 Å². The van der Waals surface area contributed by atoms with Crippen molar-refractivity contribution in [3.63, 3.8) is 0 Å². The molecule has 35 heavy (non-hydrogen) atoms. The highest BCUT2D eigenvalue weighted by molar-refractivity contribution is 5.83. The van der Waals surface area contributed by atoms with Crippen LogP contribution in [-0.2, 0) is 22.2 Å². The lowest BCUT2D eigenvalue weighted by Crippen LogP contribution is -3.11. The molecule has 1 aromatic heterocycles. The van der Waals surface area contributed by atoms with Gasteiger partial charge in [-0.25, -0.2) is 0 Å². The number of quaternary nitrogens is 1. The van der Waals surface area contributed by atoms with E-state index in [1.807, 2.05) is 6.07 Å². The quantitative estimate of drug-likeness (QED) is 0.447. The van der Waals surface area contributed by atoms with Crippen LogP contribution in [0.4, 0.5) is 13.2 Å². The molecule has 0 fully saturated rings. The second-order valence-electron chi connectivity index (χ2n) is 8.36. The van der Waals surface area contributed by atoms with Gasteiger partial charge in [0.2, 0.25) is 11.2 Å². The molecule has 0 unspecified atom stereocenters. The van der Waals surface area contributed by atoms with E-state index >= 15 is 0 Å². The number of hydrogen-bond acceptors (Lipinski definition) is 6. The molecule has 0 aliphatic heterocycles. The Morgan fingerprint density at radius 1 is 1.00 bits per heavy atom. The molecule has 7 nitrogen and oxygen atoms in total. The van der Waals surface area contributed by atoms with Crippen LogP contribution in [-0.4, -0.2) is 45.6 Å². The molecule has 0 amide bonds. The van der Waals surface area contributed by atoms with Crippen molar-refractivity contribution in [3.05, 3.63) is 63.0 Å². The van der Waals surface area contributed by atoms with Gasteiger partial charge in [0.1, 0.15) is 31.1 Å². The highest BCUT2D eigenvalue weighted by Gasteiger charge is 2.41. The van der Waals surface area contributed by atoms with Crippen LogP contribution in [0.3, 0.4) is 0 Å². The Kier molecular flexibility index (Phi) is 8.42. The summed E-state index contributed by atoms with van der Waals surface area (Å²) in [5.74, 6) is -2.69. The predicted octanol–water partition coefficient (Wildman–Crippen LogP) is 3.60. The Bertz CT molecular complexity index is 1210. The second kappa shape index (κ2) is 11.1. The molecule has 0 aliphatic rings. The van der Waals surface area contributed by atoms with Gasteiger partial charge in [0, 0.05) is 14.2 Å². The number of nitrogens with one attached hydrogen (secondary N) is 1. The van der Waals surface area contributed by atoms with Gasteiger partial charge in [-0.3, -0.25) is 4.79 Å². The normalized spacial score (nSPS) is 12.0. The zero-order valence-corrected chi connectivity index (χ0v) is 20.0. The smallest absolute Gasteiger partial charge is 0.453 e. The molecule has 3 rings (SSSR count). The summed E-state index contributed by atoms with van der Waals surface area (Å²) >= 11 is 0. The minimum Gasteiger partial charge on any atom is -0.507 e. The third kappa shape index (κ3) is 6.33. The van der Waals surface area contributed by atoms with Gasteiger partial charge < -0.3 is 28.6 Å². The summed E-state index contributed by atoms with van der Waals surface area (Å²) in [7, 11) is 3.07. The van der Waals surface area contributed by atoms with E-state index in [4.69, 9.17) is 18.6 Å². The maximum absolute atomic E-state index is 14.0. The molecule has 190 valence electrons. The molecule has 0 saturated heterocycles. The van der Waals surface area contributed by atoms with Crippen LogP contribution >= 0.6 is 0 Å². The first-order valence-electron chi connectivity index (χ1n) is 11.0. The monoisotopic (exact) mass is 496 g/mol. The van der Waals surface area contributed by atoms with Crippen LogP contribution < -0.4 is 15.1 Å². The lowest BCUT2D eigenvalue weighted by molar-refractivity contribution is -0.914. The average molecular weight is 497 g/mol. The number of ether oxygens (including phenoxy) is 3. The summed E-state index contributed by atoms with van der Waals surface area (Å²) in [6.07, 6.45) is -5.01. The van der Waals surface area contributed by atoms with Crippen molar-refractivity contribution in [2.24, 2.45) is 0 Å². The SMILES string of the molecule is COCC[NH+](CCOC)Cc1c(O)ccc2c(=O)c(Oc3cc(C)cc(C)c3)c(C(F)(F)F)oc12. The molecule has 10 heteroatoms. The Balaban J connectivity index is 2.17. The van der Waals surface area contributed by atoms with Crippen molar-refractivity contribution < 1.29 is 41.8 Å². The maximum Gasteiger partial charge on any atom is 0.453 e. The molecule has 0 spiro atoms. The highest BCUT2D eigenvalue weighted by atomic mass is 19.4. The Morgan fingerprint density at radius 2 is 1.60 bits per heavy atom. The van der Waals surface area contributed by atoms with Gasteiger partial charge in [0.25, 0.3) is 5.76 Å². The van der Waals surface area contributed by atoms with E-state index in [0.29, 0.717) is 26.3 Å². The first kappa shape index (κ1) is 26.5. The van der Waals surface area contributed by atoms with E-state index in [2.05, 4.69) is 0 Å². The van der Waals surface area contributed by atoms with Gasteiger partial charge in [-0.15, -0.1) is 0 Å². The van der Waals surface area contributed by atoms with Crippen molar-refractivity contribution in [2.45, 2.75) is 26.6 Å². The fourth-order valence-corrected chi connectivity index (χ4v) is 3.89. The molecular weight excluding hydrogens is 467 g/mol. The van der Waals surface area contributed by atoms with E-state index in [1.165, 1.54) is 38.5 Å². The van der Waals surface area contributed by atoms with E-state index in [9.17, 15) is 23.1 Å². The summed E-state index contributed by atoms with van der Waals surface area (Å²) in [5, 5.41) is 10.4. The van der Waals surface area contributed by atoms with Crippen LogP contribution in [0.5, 0.6) is 17.2 Å². The maximum atomic E-state index is 14.0. The summed E-state index contributed by atoms with van der Waals surface area (Å²) in [6, 6.07) is 7.40. The standard InChI is InChI=1S/C25H28F3NO6/c1-15-11-16(2)13-17(12-15)34-23-21(31)18-5-6-20(30)19(22(18)35-24(23)25(26,27)28)14-29(7-9-32-3)8-10-33-4/h5-6,11-13,30H,7-10,14H2,1-4H3/p+1. The summed E-state index contributed by atoms with van der Waals surface area (Å²) in [5.41, 5.74) is 0.310. The van der Waals surface area contributed by atoms with E-state index < -0.39 is 23.1 Å². The van der Waals surface area contributed by atoms with Crippen molar-refractivity contribution >= 4 is 11.0 Å². The molecule has 0 saturated carbocycles. The van der Waals surface area contributed by atoms with Crippen LogP contribution in [0.2, 0.25) is 0 Å². The topological polar surface area (TPSA) is 82.6 Å². The third-order valence-electron chi connectivity index (χ3n) is 5.52. The van der Waals surface area contributed by atoms with Gasteiger partial charge in [0.05, 0.1) is 24.2 Å². The van der Waals surface area contributed by atoms with Crippen LogP contribution in [0.15, 0.2) is 39.5 Å². The summed E-state index contributed by atoms with van der Waals surface area (Å²) < 4.78 is 63.1. The largest absolute Gasteiger partial charge is 0.507 e. The average Bonchev–Trinajstić information content (AvgIpc) is 2.77. The number of aromatic hydroxyl groups is 1. The van der Waals surface area contributed by atoms with Crippen LogP contribution in [0, 0.1) is 13.8 Å². The molecular formula is C25H29F3NO6+. The molecule has 0 bridgehead atoms. The van der Waals surface area contributed by atoms with E-state index in [0.717, 1.165) is 16.0 Å². The molecule has 3 aromatic rings. The van der Waals surface area contributed by atoms with Crippen molar-refractivity contribution in [3.8, 4) is 17.2 Å². The lowest BCUT2D eigenvalue weighted by Gasteiger charge is -2.20. The number of hydrogen-bond donors (Lipinski definition) is 2. The van der Waals surface area contributed by atoms with Gasteiger partial charge in [0.15, 0.2) is 5.58 Å². The highest BCUT2D eigenvalue weighted by Crippen LogP contribution is 2.40. The zero-order chi connectivity index (χ0) is 25.8. The number of phenols is 1. The number of methoxy groups -OCH3 is 2. The fourth-order valence-electron chi connectivity index (χ4n) is 3.89. The second-order valence-corrected chi connectivity index (χ2v) is 8.36. The molecule has 0 radical (unpaired) electrons. The Hall–Kier alpha value is -3.08. The fraction of sp³-hybridized carbons (Fsp3) is 0.400. The number of fused-ring (bicyclic) bond motifs is 1. The van der Waals surface area contributed by atoms with Gasteiger partial charge in [-0.2, -0.15) is 13.2 Å². The Morgan fingerprint density at radius 3 is 2.14 bits per heavy atom. The predicted molar refractivity (Wildman–Crippen MR) is 123 cm³/mol. The molecule has 2 N–H and O–H groups in total. The zero-order valence-electron chi connectivity index (χ0n) is 20.0. The van der Waals surface area contributed by atoms with E-state index in [-0.39, 0.29) is 34.6 Å². The van der Waals surface area contributed by atoms with Crippen LogP contribution in [0.25, 0.3) is 11.0 Å². The molecule has 1 heterocycles. The van der Waals surface area contributed by atoms with Gasteiger partial charge in [-0.1, -0.05) is 6.07 Å². The minimum atomic E-state index is -5.01. The number of rotatable bonds is 10. The first-order valence-corrected chi connectivity index (χ1v) is 11.0. The number of aryl methyl sites for hydroxylation is 2. The molecule has 0 aliphatic carbocycles. The minimum absolute atomic E-state index is 0.0882. The lowest BCUT2D eigenvalue weighted by atomic mass is 10.1. The van der Waals surface area contributed by atoms with Crippen LogP contribution in [0.1, 0.15) is 22.5 Å². The third-order valence-corrected chi connectivity index (χ3v) is 5.52. The Labute approximate surface area is 200 Å². The number of halogens is 3. The summed E-state index contributed by atoms with van der Waals surface area (Å²) in [6.45, 7) is 5.40. The van der Waals surface area contributed by atoms with Crippen molar-refractivity contribution in [2.75, 3.05) is 40.5 Å². The number of benzene rings is 2. The van der Waals surface area contributed by atoms with Gasteiger partial charge in [-0.05, 0) is 49.2 Å². The van der Waals surface area contributed by atoms with Crippen molar-refractivity contribution in [1.29, 1.82) is 0 Å². The van der Waals surface area contributed by atoms with E-state index in [1.54, 1.807) is 13.8 Å². The van der Waals surface area contributed by atoms with Crippen molar-refractivity contribution in [1.82, 2.24) is 0 Å². The summed E-state index contributed by atoms with van der Waals surface area (Å²) in [4.78, 5) is 14.1. The molecule has 2 aromatic carbocycles. The number of alkyl halides is 3. The first-order chi connectivity index (χ1) is 16.5. The molecule has 0 atom stereocenters. The number of phenolic OH excluding ortho intramolecular Hbond substituents is 1.